The van der Waals surface area contributed by atoms with Gasteiger partial charge in [-0.3, -0.25) is 9.59 Å². The number of para-hydroxylation sites is 1. The second kappa shape index (κ2) is 7.29. The number of carboxylic acids is 1. The van der Waals surface area contributed by atoms with Crippen molar-refractivity contribution in [1.82, 2.24) is 5.32 Å². The van der Waals surface area contributed by atoms with E-state index in [0.717, 1.165) is 17.7 Å². The maximum absolute atomic E-state index is 12.2. The number of carbonyl (C=O) groups excluding carboxylic acids is 1. The van der Waals surface area contributed by atoms with Crippen LogP contribution >= 0.6 is 0 Å². The van der Waals surface area contributed by atoms with Crippen molar-refractivity contribution in [1.29, 1.82) is 0 Å². The third-order valence-corrected chi connectivity index (χ3v) is 4.31. The Morgan fingerprint density at radius 1 is 1.36 bits per heavy atom. The number of ether oxygens (including phenoxy) is 1. The number of methoxy groups -OCH3 is 1. The first kappa shape index (κ1) is 16.3. The van der Waals surface area contributed by atoms with Gasteiger partial charge in [0, 0.05) is 12.5 Å². The quantitative estimate of drug-likeness (QED) is 0.847. The molecule has 5 heteroatoms. The summed E-state index contributed by atoms with van der Waals surface area (Å²) in [5.41, 5.74) is 1.01. The van der Waals surface area contributed by atoms with Crippen LogP contribution in [0.15, 0.2) is 24.3 Å². The van der Waals surface area contributed by atoms with Crippen LogP contribution in [0.25, 0.3) is 0 Å². The summed E-state index contributed by atoms with van der Waals surface area (Å²) in [4.78, 5) is 23.1. The lowest BCUT2D eigenvalue weighted by Crippen LogP contribution is -2.34. The van der Waals surface area contributed by atoms with E-state index in [1.54, 1.807) is 7.11 Å². The van der Waals surface area contributed by atoms with Gasteiger partial charge in [-0.1, -0.05) is 25.1 Å². The smallest absolute Gasteiger partial charge is 0.306 e. The zero-order valence-electron chi connectivity index (χ0n) is 13.0. The summed E-state index contributed by atoms with van der Waals surface area (Å²) >= 11 is 0. The van der Waals surface area contributed by atoms with E-state index in [0.29, 0.717) is 19.3 Å². The molecule has 0 aromatic heterocycles. The predicted molar refractivity (Wildman–Crippen MR) is 82.9 cm³/mol. The van der Waals surface area contributed by atoms with Crippen LogP contribution in [0.1, 0.15) is 44.1 Å². The summed E-state index contributed by atoms with van der Waals surface area (Å²) < 4.78 is 5.32. The zero-order valence-corrected chi connectivity index (χ0v) is 13.0. The van der Waals surface area contributed by atoms with Gasteiger partial charge in [-0.05, 0) is 36.8 Å². The number of amides is 1. The molecule has 1 amide bonds. The molecule has 1 saturated carbocycles. The van der Waals surface area contributed by atoms with E-state index in [1.165, 1.54) is 0 Å². The van der Waals surface area contributed by atoms with E-state index in [9.17, 15) is 9.59 Å². The lowest BCUT2D eigenvalue weighted by Gasteiger charge is -2.17. The molecule has 2 rings (SSSR count). The molecule has 2 N–H and O–H groups in total. The average molecular weight is 305 g/mol. The first-order chi connectivity index (χ1) is 10.5. The van der Waals surface area contributed by atoms with Crippen molar-refractivity contribution >= 4 is 11.9 Å². The maximum atomic E-state index is 12.2. The highest BCUT2D eigenvalue weighted by atomic mass is 16.5. The third kappa shape index (κ3) is 4.00. The molecule has 1 unspecified atom stereocenters. The largest absolute Gasteiger partial charge is 0.496 e. The number of hydrogen-bond acceptors (Lipinski definition) is 3. The van der Waals surface area contributed by atoms with E-state index in [4.69, 9.17) is 9.84 Å². The van der Waals surface area contributed by atoms with E-state index >= 15 is 0 Å². The van der Waals surface area contributed by atoms with Crippen molar-refractivity contribution in [2.45, 2.75) is 44.6 Å². The second-order valence-corrected chi connectivity index (χ2v) is 5.96. The maximum Gasteiger partial charge on any atom is 0.306 e. The third-order valence-electron chi connectivity index (χ3n) is 4.31. The number of carbonyl (C=O) groups is 2. The lowest BCUT2D eigenvalue weighted by molar-refractivity contribution is -0.141. The molecule has 1 aromatic rings. The Kier molecular flexibility index (Phi) is 5.41. The predicted octanol–water partition coefficient (Wildman–Crippen LogP) is 2.56. The van der Waals surface area contributed by atoms with Crippen LogP contribution in [0.4, 0.5) is 0 Å². The molecule has 3 atom stereocenters. The monoisotopic (exact) mass is 305 g/mol. The number of nitrogens with one attached hydrogen (secondary N) is 1. The van der Waals surface area contributed by atoms with Crippen molar-refractivity contribution < 1.29 is 19.4 Å². The van der Waals surface area contributed by atoms with E-state index in [2.05, 4.69) is 5.32 Å². The Morgan fingerprint density at radius 3 is 2.73 bits per heavy atom. The van der Waals surface area contributed by atoms with Crippen molar-refractivity contribution in [2.75, 3.05) is 7.11 Å². The Labute approximate surface area is 130 Å². The molecule has 120 valence electrons. The summed E-state index contributed by atoms with van der Waals surface area (Å²) in [6.07, 6.45) is 2.28. The summed E-state index contributed by atoms with van der Waals surface area (Å²) in [6.45, 7) is 1.99. The molecule has 0 saturated heterocycles. The van der Waals surface area contributed by atoms with Crippen molar-refractivity contribution in [2.24, 2.45) is 5.92 Å². The van der Waals surface area contributed by atoms with Gasteiger partial charge in [-0.2, -0.15) is 0 Å². The van der Waals surface area contributed by atoms with Crippen LogP contribution in [0.3, 0.4) is 0 Å². The van der Waals surface area contributed by atoms with Crippen LogP contribution in [-0.2, 0) is 9.59 Å². The zero-order chi connectivity index (χ0) is 16.1. The van der Waals surface area contributed by atoms with E-state index in [-0.39, 0.29) is 23.8 Å². The van der Waals surface area contributed by atoms with Crippen LogP contribution in [0, 0.1) is 5.92 Å². The molecule has 22 heavy (non-hydrogen) atoms. The van der Waals surface area contributed by atoms with Crippen LogP contribution in [-0.4, -0.2) is 30.1 Å². The van der Waals surface area contributed by atoms with Crippen molar-refractivity contribution in [3.8, 4) is 5.75 Å². The van der Waals surface area contributed by atoms with Crippen molar-refractivity contribution in [3.63, 3.8) is 0 Å². The van der Waals surface area contributed by atoms with Crippen LogP contribution < -0.4 is 10.1 Å². The standard InChI is InChI=1S/C17H23NO4/c1-11(14-5-3-4-6-15(14)22-2)9-16(19)18-13-8-7-12(10-13)17(20)21/h3-6,11-13H,7-10H2,1-2H3,(H,18,19)(H,20,21)/t11?,12-,13+/m1/s1. The van der Waals surface area contributed by atoms with Gasteiger partial charge in [-0.25, -0.2) is 0 Å². The van der Waals surface area contributed by atoms with Gasteiger partial charge in [0.25, 0.3) is 0 Å². The molecule has 0 aliphatic heterocycles. The Hall–Kier alpha value is -2.04. The number of aliphatic carboxylic acids is 1. The van der Waals surface area contributed by atoms with Crippen LogP contribution in [0.2, 0.25) is 0 Å². The number of rotatable bonds is 6. The molecular formula is C17H23NO4. The van der Waals surface area contributed by atoms with Gasteiger partial charge in [0.1, 0.15) is 5.75 Å². The van der Waals surface area contributed by atoms with Gasteiger partial charge < -0.3 is 15.2 Å². The first-order valence-electron chi connectivity index (χ1n) is 7.66. The SMILES string of the molecule is COc1ccccc1C(C)CC(=O)N[C@H]1CC[C@@H](C(=O)O)C1. The van der Waals surface area contributed by atoms with Crippen molar-refractivity contribution in [3.05, 3.63) is 29.8 Å². The summed E-state index contributed by atoms with van der Waals surface area (Å²) in [5, 5.41) is 11.9. The summed E-state index contributed by atoms with van der Waals surface area (Å²) in [7, 11) is 1.62. The highest BCUT2D eigenvalue weighted by Crippen LogP contribution is 2.29. The normalized spacial score (nSPS) is 22.1. The molecule has 0 spiro atoms. The van der Waals surface area contributed by atoms with Crippen LogP contribution in [0.5, 0.6) is 5.75 Å². The first-order valence-corrected chi connectivity index (χ1v) is 7.66. The van der Waals surface area contributed by atoms with E-state index in [1.807, 2.05) is 31.2 Å². The Morgan fingerprint density at radius 2 is 2.09 bits per heavy atom. The topological polar surface area (TPSA) is 75.6 Å². The van der Waals surface area contributed by atoms with Gasteiger partial charge in [-0.15, -0.1) is 0 Å². The Bertz CT molecular complexity index is 543. The highest BCUT2D eigenvalue weighted by molar-refractivity contribution is 5.77. The molecular weight excluding hydrogens is 282 g/mol. The fraction of sp³-hybridized carbons (Fsp3) is 0.529. The van der Waals surface area contributed by atoms with Gasteiger partial charge in [0.05, 0.1) is 13.0 Å². The Balaban J connectivity index is 1.88. The van der Waals surface area contributed by atoms with Gasteiger partial charge in [0.2, 0.25) is 5.91 Å². The molecule has 1 aromatic carbocycles. The minimum atomic E-state index is -0.765. The minimum Gasteiger partial charge on any atom is -0.496 e. The summed E-state index contributed by atoms with van der Waals surface area (Å²) in [5.74, 6) is -0.284. The fourth-order valence-electron chi connectivity index (χ4n) is 3.09. The molecule has 0 heterocycles. The number of carboxylic acid groups (broad SMARTS) is 1. The molecule has 0 bridgehead atoms. The van der Waals surface area contributed by atoms with E-state index < -0.39 is 5.97 Å². The van der Waals surface area contributed by atoms with Gasteiger partial charge in [0.15, 0.2) is 0 Å². The minimum absolute atomic E-state index is 0.0153. The molecule has 1 fully saturated rings. The fourth-order valence-corrected chi connectivity index (χ4v) is 3.09. The molecule has 1 aliphatic rings. The highest BCUT2D eigenvalue weighted by Gasteiger charge is 2.30. The average Bonchev–Trinajstić information content (AvgIpc) is 2.95. The second-order valence-electron chi connectivity index (χ2n) is 5.96. The number of hydrogen-bond donors (Lipinski definition) is 2. The molecule has 0 radical (unpaired) electrons. The summed E-state index contributed by atoms with van der Waals surface area (Å²) in [6, 6.07) is 7.67. The lowest BCUT2D eigenvalue weighted by atomic mass is 9.96. The van der Waals surface area contributed by atoms with Gasteiger partial charge >= 0.3 is 5.97 Å². The number of benzene rings is 1. The molecule has 1 aliphatic carbocycles. The molecule has 5 nitrogen and oxygen atoms in total.